The maximum Gasteiger partial charge on any atom is 0.277 e. The number of nitrogens with one attached hydrogen (secondary N) is 1. The number of aryl methyl sites for hydroxylation is 2. The molecule has 0 saturated carbocycles. The molecule has 1 amide bonds. The lowest BCUT2D eigenvalue weighted by molar-refractivity contribution is -0.123. The fraction of sp³-hybridized carbons (Fsp3) is 0.176. The number of nitrogens with zero attached hydrogens (tertiary/aromatic N) is 1. The van der Waals surface area contributed by atoms with Gasteiger partial charge in [-0.25, -0.2) is 5.43 Å². The number of aromatic hydroxyl groups is 1. The zero-order chi connectivity index (χ0) is 17.7. The van der Waals surface area contributed by atoms with Crippen molar-refractivity contribution in [3.8, 4) is 11.5 Å². The number of rotatable bonds is 5. The fourth-order valence-corrected chi connectivity index (χ4v) is 3.36. The van der Waals surface area contributed by atoms with Gasteiger partial charge in [-0.15, -0.1) is 0 Å². The molecule has 2 N–H and O–H groups in total. The maximum atomic E-state index is 11.8. The van der Waals surface area contributed by atoms with E-state index in [1.165, 1.54) is 6.21 Å². The van der Waals surface area contributed by atoms with E-state index < -0.39 is 0 Å². The Morgan fingerprint density at radius 1 is 1.38 bits per heavy atom. The molecule has 0 aliphatic carbocycles. The van der Waals surface area contributed by atoms with Crippen LogP contribution in [0.3, 0.4) is 0 Å². The zero-order valence-electron chi connectivity index (χ0n) is 13.1. The second-order valence-corrected chi connectivity index (χ2v) is 7.28. The Morgan fingerprint density at radius 2 is 2.12 bits per heavy atom. The molecule has 126 valence electrons. The van der Waals surface area contributed by atoms with Gasteiger partial charge in [0.05, 0.1) is 10.7 Å². The maximum absolute atomic E-state index is 11.8. The molecule has 0 aliphatic heterocycles. The van der Waals surface area contributed by atoms with E-state index in [9.17, 15) is 9.90 Å². The molecule has 2 rings (SSSR count). The van der Waals surface area contributed by atoms with Gasteiger partial charge in [-0.3, -0.25) is 4.79 Å². The lowest BCUT2D eigenvalue weighted by atomic mass is 10.1. The van der Waals surface area contributed by atoms with Crippen molar-refractivity contribution in [1.29, 1.82) is 0 Å². The summed E-state index contributed by atoms with van der Waals surface area (Å²) in [5.41, 5.74) is 4.96. The van der Waals surface area contributed by atoms with E-state index in [0.29, 0.717) is 11.3 Å². The molecule has 5 nitrogen and oxygen atoms in total. The van der Waals surface area contributed by atoms with Gasteiger partial charge in [-0.2, -0.15) is 5.10 Å². The van der Waals surface area contributed by atoms with Crippen LogP contribution in [0.4, 0.5) is 0 Å². The molecular weight excluding hydrogens is 487 g/mol. The molecule has 2 aromatic carbocycles. The first-order valence-electron chi connectivity index (χ1n) is 7.07. The largest absolute Gasteiger partial charge is 0.507 e. The van der Waals surface area contributed by atoms with Crippen LogP contribution in [0.2, 0.25) is 0 Å². The van der Waals surface area contributed by atoms with Gasteiger partial charge >= 0.3 is 0 Å². The Kier molecular flexibility index (Phi) is 6.61. The average molecular weight is 503 g/mol. The minimum atomic E-state index is -0.386. The van der Waals surface area contributed by atoms with Gasteiger partial charge in [0.15, 0.2) is 6.61 Å². The number of hydrazone groups is 1. The lowest BCUT2D eigenvalue weighted by Gasteiger charge is -2.11. The summed E-state index contributed by atoms with van der Waals surface area (Å²) >= 11 is 5.56. The number of carbonyl (C=O) groups excluding carboxylic acids is 1. The van der Waals surface area contributed by atoms with Crippen LogP contribution < -0.4 is 10.2 Å². The van der Waals surface area contributed by atoms with Crippen molar-refractivity contribution in [1.82, 2.24) is 5.43 Å². The normalized spacial score (nSPS) is 10.8. The first kappa shape index (κ1) is 18.7. The Morgan fingerprint density at radius 3 is 2.83 bits per heavy atom. The van der Waals surface area contributed by atoms with Gasteiger partial charge in [0.25, 0.3) is 5.91 Å². The molecule has 7 heteroatoms. The smallest absolute Gasteiger partial charge is 0.277 e. The van der Waals surface area contributed by atoms with Crippen LogP contribution in [0.15, 0.2) is 39.9 Å². The van der Waals surface area contributed by atoms with Crippen LogP contribution in [0.5, 0.6) is 11.5 Å². The molecule has 0 fully saturated rings. The number of phenols is 1. The molecule has 2 aromatic rings. The monoisotopic (exact) mass is 502 g/mol. The van der Waals surface area contributed by atoms with Crippen molar-refractivity contribution in [3.63, 3.8) is 0 Å². The fourth-order valence-electron chi connectivity index (χ4n) is 2.06. The van der Waals surface area contributed by atoms with Gasteiger partial charge in [0.1, 0.15) is 11.5 Å². The van der Waals surface area contributed by atoms with Gasteiger partial charge in [0.2, 0.25) is 0 Å². The number of amides is 1. The summed E-state index contributed by atoms with van der Waals surface area (Å²) in [6, 6.07) is 9.02. The third-order valence-corrected chi connectivity index (χ3v) is 4.36. The predicted molar refractivity (Wildman–Crippen MR) is 106 cm³/mol. The molecule has 0 aliphatic rings. The molecule has 0 unspecified atom stereocenters. The highest BCUT2D eigenvalue weighted by molar-refractivity contribution is 14.1. The molecular formula is C17H16BrIN2O3. The van der Waals surface area contributed by atoms with Crippen LogP contribution in [0, 0.1) is 17.4 Å². The minimum absolute atomic E-state index is 0.101. The SMILES string of the molecule is Cc1cc(C)c(OCC(=O)NN=Cc2cc(I)ccc2O)c(Br)c1. The second kappa shape index (κ2) is 8.48. The highest BCUT2D eigenvalue weighted by atomic mass is 127. The van der Waals surface area contributed by atoms with Crippen molar-refractivity contribution in [3.05, 3.63) is 55.1 Å². The number of phenolic OH excluding ortho intramolecular Hbond substituents is 1. The van der Waals surface area contributed by atoms with Crippen molar-refractivity contribution < 1.29 is 14.6 Å². The third-order valence-electron chi connectivity index (χ3n) is 3.10. The summed E-state index contributed by atoms with van der Waals surface area (Å²) in [6.45, 7) is 3.75. The summed E-state index contributed by atoms with van der Waals surface area (Å²) in [5, 5.41) is 13.5. The van der Waals surface area contributed by atoms with Gasteiger partial charge in [0, 0.05) is 9.13 Å². The molecule has 0 radical (unpaired) electrons. The highest BCUT2D eigenvalue weighted by Gasteiger charge is 2.09. The molecule has 0 atom stereocenters. The first-order chi connectivity index (χ1) is 11.4. The standard InChI is InChI=1S/C17H16BrIN2O3/c1-10-5-11(2)17(14(18)6-10)24-9-16(23)21-20-8-12-7-13(19)3-4-15(12)22/h3-8,22H,9H2,1-2H3,(H,21,23). The third kappa shape index (κ3) is 5.20. The lowest BCUT2D eigenvalue weighted by Crippen LogP contribution is -2.24. The second-order valence-electron chi connectivity index (χ2n) is 5.18. The Labute approximate surface area is 162 Å². The number of carbonyl (C=O) groups is 1. The van der Waals surface area contributed by atoms with Crippen molar-refractivity contribution in [2.75, 3.05) is 6.61 Å². The van der Waals surface area contributed by atoms with Gasteiger partial charge < -0.3 is 9.84 Å². The summed E-state index contributed by atoms with van der Waals surface area (Å²) in [4.78, 5) is 11.8. The molecule has 24 heavy (non-hydrogen) atoms. The van der Waals surface area contributed by atoms with Crippen molar-refractivity contribution in [2.45, 2.75) is 13.8 Å². The Balaban J connectivity index is 1.92. The van der Waals surface area contributed by atoms with E-state index in [1.807, 2.05) is 26.0 Å². The van der Waals surface area contributed by atoms with E-state index in [2.05, 4.69) is 49.0 Å². The number of halogens is 2. The molecule has 0 heterocycles. The molecule has 0 saturated heterocycles. The summed E-state index contributed by atoms with van der Waals surface area (Å²) < 4.78 is 7.31. The minimum Gasteiger partial charge on any atom is -0.507 e. The Bertz CT molecular complexity index is 770. The number of hydrogen-bond acceptors (Lipinski definition) is 4. The molecule has 0 bridgehead atoms. The summed E-state index contributed by atoms with van der Waals surface area (Å²) in [5.74, 6) is 0.349. The van der Waals surface area contributed by atoms with Crippen molar-refractivity contribution >= 4 is 50.6 Å². The van der Waals surface area contributed by atoms with Gasteiger partial charge in [-0.1, -0.05) is 6.07 Å². The Hall–Kier alpha value is -1.61. The first-order valence-corrected chi connectivity index (χ1v) is 8.94. The number of hydrogen-bond donors (Lipinski definition) is 2. The van der Waals surface area contributed by atoms with Gasteiger partial charge in [-0.05, 0) is 87.8 Å². The summed E-state index contributed by atoms with van der Waals surface area (Å²) in [6.07, 6.45) is 1.39. The van der Waals surface area contributed by atoms with E-state index in [-0.39, 0.29) is 18.3 Å². The van der Waals surface area contributed by atoms with Crippen LogP contribution in [0.25, 0.3) is 0 Å². The van der Waals surface area contributed by atoms with Crippen LogP contribution in [-0.2, 0) is 4.79 Å². The predicted octanol–water partition coefficient (Wildman–Crippen LogP) is 3.91. The van der Waals surface area contributed by atoms with E-state index in [4.69, 9.17) is 4.74 Å². The molecule has 0 spiro atoms. The number of ether oxygens (including phenoxy) is 1. The van der Waals surface area contributed by atoms with E-state index >= 15 is 0 Å². The number of benzene rings is 2. The van der Waals surface area contributed by atoms with E-state index in [1.54, 1.807) is 18.2 Å². The van der Waals surface area contributed by atoms with Crippen LogP contribution in [-0.4, -0.2) is 23.8 Å². The topological polar surface area (TPSA) is 70.9 Å². The quantitative estimate of drug-likeness (QED) is 0.370. The molecule has 0 aromatic heterocycles. The highest BCUT2D eigenvalue weighted by Crippen LogP contribution is 2.30. The van der Waals surface area contributed by atoms with Crippen molar-refractivity contribution in [2.24, 2.45) is 5.10 Å². The van der Waals surface area contributed by atoms with Crippen LogP contribution in [0.1, 0.15) is 16.7 Å². The zero-order valence-corrected chi connectivity index (χ0v) is 16.9. The van der Waals surface area contributed by atoms with E-state index in [0.717, 1.165) is 19.2 Å². The summed E-state index contributed by atoms with van der Waals surface area (Å²) in [7, 11) is 0. The average Bonchev–Trinajstić information content (AvgIpc) is 2.49. The van der Waals surface area contributed by atoms with Crippen LogP contribution >= 0.6 is 38.5 Å².